The lowest BCUT2D eigenvalue weighted by Crippen LogP contribution is -2.56. The van der Waals surface area contributed by atoms with Crippen LogP contribution in [-0.2, 0) is 9.59 Å². The molecule has 1 rings (SSSR count). The Balaban J connectivity index is 2.69. The minimum absolute atomic E-state index is 0.0471. The Morgan fingerprint density at radius 1 is 1.61 bits per heavy atom. The molecule has 1 saturated heterocycles. The van der Waals surface area contributed by atoms with Crippen LogP contribution in [0.1, 0.15) is 26.7 Å². The highest BCUT2D eigenvalue weighted by Gasteiger charge is 2.31. The van der Waals surface area contributed by atoms with E-state index in [1.165, 1.54) is 5.57 Å². The van der Waals surface area contributed by atoms with E-state index in [1.807, 2.05) is 0 Å². The zero-order valence-corrected chi connectivity index (χ0v) is 11.5. The van der Waals surface area contributed by atoms with Crippen LogP contribution >= 0.6 is 0 Å². The first-order valence-corrected chi connectivity index (χ1v) is 6.46. The molecule has 0 unspecified atom stereocenters. The van der Waals surface area contributed by atoms with Crippen molar-refractivity contribution in [2.24, 2.45) is 0 Å². The zero-order chi connectivity index (χ0) is 13.5. The molecule has 0 aromatic rings. The van der Waals surface area contributed by atoms with E-state index in [2.05, 4.69) is 35.5 Å². The summed E-state index contributed by atoms with van der Waals surface area (Å²) in [5.41, 5.74) is 1.24. The van der Waals surface area contributed by atoms with Gasteiger partial charge in [0.25, 0.3) is 0 Å². The molecular formula is C13H23N3O2. The van der Waals surface area contributed by atoms with Gasteiger partial charge in [-0.05, 0) is 13.3 Å². The van der Waals surface area contributed by atoms with Gasteiger partial charge in [-0.2, -0.15) is 0 Å². The largest absolute Gasteiger partial charge is 0.359 e. The number of carbonyl (C=O) groups excluding carboxylic acids is 2. The molecule has 5 heteroatoms. The summed E-state index contributed by atoms with van der Waals surface area (Å²) in [5, 5.41) is 5.39. The third-order valence-electron chi connectivity index (χ3n) is 3.10. The van der Waals surface area contributed by atoms with Crippen molar-refractivity contribution < 1.29 is 9.59 Å². The van der Waals surface area contributed by atoms with Crippen LogP contribution in [0.5, 0.6) is 0 Å². The average Bonchev–Trinajstić information content (AvgIpc) is 2.33. The first-order valence-electron chi connectivity index (χ1n) is 6.46. The van der Waals surface area contributed by atoms with Crippen LogP contribution in [0.25, 0.3) is 0 Å². The third kappa shape index (κ3) is 4.14. The highest BCUT2D eigenvalue weighted by Crippen LogP contribution is 2.11. The van der Waals surface area contributed by atoms with E-state index in [0.29, 0.717) is 6.54 Å². The molecule has 0 radical (unpaired) electrons. The number of nitrogens with zero attached hydrogens (tertiary/aromatic N) is 1. The van der Waals surface area contributed by atoms with Gasteiger partial charge in [-0.3, -0.25) is 14.5 Å². The Morgan fingerprint density at radius 2 is 2.33 bits per heavy atom. The minimum Gasteiger partial charge on any atom is -0.359 e. The van der Waals surface area contributed by atoms with Crippen LogP contribution < -0.4 is 10.6 Å². The van der Waals surface area contributed by atoms with Crippen LogP contribution in [0.4, 0.5) is 0 Å². The molecular weight excluding hydrogens is 230 g/mol. The summed E-state index contributed by atoms with van der Waals surface area (Å²) < 4.78 is 0. The van der Waals surface area contributed by atoms with Crippen molar-refractivity contribution in [1.29, 1.82) is 0 Å². The lowest BCUT2D eigenvalue weighted by Gasteiger charge is -2.34. The van der Waals surface area contributed by atoms with Gasteiger partial charge in [0.1, 0.15) is 0 Å². The van der Waals surface area contributed by atoms with Crippen LogP contribution in [0, 0.1) is 0 Å². The predicted molar refractivity (Wildman–Crippen MR) is 71.1 cm³/mol. The molecule has 18 heavy (non-hydrogen) atoms. The molecule has 0 saturated carbocycles. The third-order valence-corrected chi connectivity index (χ3v) is 3.10. The van der Waals surface area contributed by atoms with E-state index in [4.69, 9.17) is 0 Å². The van der Waals surface area contributed by atoms with Gasteiger partial charge in [0.2, 0.25) is 11.8 Å². The second-order valence-electron chi connectivity index (χ2n) is 4.61. The fourth-order valence-corrected chi connectivity index (χ4v) is 2.18. The van der Waals surface area contributed by atoms with Gasteiger partial charge < -0.3 is 10.6 Å². The summed E-state index contributed by atoms with van der Waals surface area (Å²) in [6, 6.07) is -0.348. The van der Waals surface area contributed by atoms with E-state index in [1.54, 1.807) is 7.05 Å². The predicted octanol–water partition coefficient (Wildman–Crippen LogP) is 0.279. The Bertz CT molecular complexity index is 339. The van der Waals surface area contributed by atoms with Gasteiger partial charge in [0.05, 0.1) is 12.5 Å². The van der Waals surface area contributed by atoms with E-state index in [-0.39, 0.29) is 24.3 Å². The number of piperazine rings is 1. The van der Waals surface area contributed by atoms with Crippen molar-refractivity contribution in [2.45, 2.75) is 32.7 Å². The molecule has 2 amide bonds. The number of carbonyl (C=O) groups is 2. The van der Waals surface area contributed by atoms with Crippen molar-refractivity contribution in [3.8, 4) is 0 Å². The molecule has 0 aromatic carbocycles. The van der Waals surface area contributed by atoms with E-state index in [9.17, 15) is 9.59 Å². The van der Waals surface area contributed by atoms with Crippen LogP contribution in [0.3, 0.4) is 0 Å². The standard InChI is InChI=1S/C13H23N3O2/c1-4-5-10(2)9-16-7-6-15-13(18)11(16)8-12(17)14-3/h5,11H,4,6-9H2,1-3H3,(H,14,17)(H,15,18)/b10-5+/t11-/m0/s1. The maximum absolute atomic E-state index is 11.8. The monoisotopic (exact) mass is 253 g/mol. The van der Waals surface area contributed by atoms with Crippen LogP contribution in [-0.4, -0.2) is 49.4 Å². The normalized spacial score (nSPS) is 21.6. The Hall–Kier alpha value is -1.36. The maximum atomic E-state index is 11.8. The fourth-order valence-electron chi connectivity index (χ4n) is 2.18. The molecule has 1 heterocycles. The van der Waals surface area contributed by atoms with Crippen LogP contribution in [0.15, 0.2) is 11.6 Å². The summed E-state index contributed by atoms with van der Waals surface area (Å²) in [5.74, 6) is -0.145. The average molecular weight is 253 g/mol. The Kier molecular flexibility index (Phi) is 5.85. The van der Waals surface area contributed by atoms with Gasteiger partial charge in [-0.1, -0.05) is 18.6 Å². The fraction of sp³-hybridized carbons (Fsp3) is 0.692. The highest BCUT2D eigenvalue weighted by molar-refractivity contribution is 5.88. The summed E-state index contributed by atoms with van der Waals surface area (Å²) in [7, 11) is 1.59. The molecule has 1 atom stereocenters. The SMILES string of the molecule is CC/C=C(\C)CN1CCNC(=O)[C@@H]1CC(=O)NC. The molecule has 0 aliphatic carbocycles. The smallest absolute Gasteiger partial charge is 0.237 e. The second-order valence-corrected chi connectivity index (χ2v) is 4.61. The summed E-state index contributed by atoms with van der Waals surface area (Å²) >= 11 is 0. The molecule has 0 aromatic heterocycles. The van der Waals surface area contributed by atoms with Crippen molar-refractivity contribution in [3.05, 3.63) is 11.6 Å². The first-order chi connectivity index (χ1) is 8.58. The van der Waals surface area contributed by atoms with Crippen molar-refractivity contribution in [3.63, 3.8) is 0 Å². The Labute approximate surface area is 109 Å². The topological polar surface area (TPSA) is 61.4 Å². The van der Waals surface area contributed by atoms with Crippen molar-refractivity contribution >= 4 is 11.8 Å². The quantitative estimate of drug-likeness (QED) is 0.692. The maximum Gasteiger partial charge on any atom is 0.237 e. The number of hydrogen-bond acceptors (Lipinski definition) is 3. The van der Waals surface area contributed by atoms with Gasteiger partial charge in [-0.15, -0.1) is 0 Å². The minimum atomic E-state index is -0.348. The molecule has 5 nitrogen and oxygen atoms in total. The van der Waals surface area contributed by atoms with Gasteiger partial charge in [0.15, 0.2) is 0 Å². The highest BCUT2D eigenvalue weighted by atomic mass is 16.2. The van der Waals surface area contributed by atoms with Crippen molar-refractivity contribution in [2.75, 3.05) is 26.7 Å². The van der Waals surface area contributed by atoms with Crippen molar-refractivity contribution in [1.82, 2.24) is 15.5 Å². The molecule has 102 valence electrons. The number of rotatable bonds is 5. The summed E-state index contributed by atoms with van der Waals surface area (Å²) in [6.45, 7) is 6.36. The van der Waals surface area contributed by atoms with E-state index >= 15 is 0 Å². The summed E-state index contributed by atoms with van der Waals surface area (Å²) in [6.07, 6.45) is 3.37. The molecule has 0 spiro atoms. The number of hydrogen-bond donors (Lipinski definition) is 2. The molecule has 1 aliphatic rings. The Morgan fingerprint density at radius 3 is 2.94 bits per heavy atom. The second kappa shape index (κ2) is 7.16. The number of allylic oxidation sites excluding steroid dienone is 1. The van der Waals surface area contributed by atoms with Crippen LogP contribution in [0.2, 0.25) is 0 Å². The summed E-state index contributed by atoms with van der Waals surface area (Å²) in [4.78, 5) is 25.4. The lowest BCUT2D eigenvalue weighted by molar-refractivity contribution is -0.133. The number of amides is 2. The first kappa shape index (κ1) is 14.7. The molecule has 2 N–H and O–H groups in total. The van der Waals surface area contributed by atoms with Gasteiger partial charge >= 0.3 is 0 Å². The van der Waals surface area contributed by atoms with Gasteiger partial charge in [0, 0.05) is 26.7 Å². The molecule has 1 aliphatic heterocycles. The molecule has 1 fully saturated rings. The molecule has 0 bridgehead atoms. The van der Waals surface area contributed by atoms with E-state index in [0.717, 1.165) is 19.5 Å². The lowest BCUT2D eigenvalue weighted by atomic mass is 10.1. The number of nitrogens with one attached hydrogen (secondary N) is 2. The van der Waals surface area contributed by atoms with Gasteiger partial charge in [-0.25, -0.2) is 0 Å². The zero-order valence-electron chi connectivity index (χ0n) is 11.5. The van der Waals surface area contributed by atoms with E-state index < -0.39 is 0 Å².